The molecule has 2 aromatic carbocycles. The van der Waals surface area contributed by atoms with Gasteiger partial charge in [0.05, 0.1) is 17.7 Å². The molecule has 0 bridgehead atoms. The van der Waals surface area contributed by atoms with Gasteiger partial charge in [0.2, 0.25) is 0 Å². The second-order valence-corrected chi connectivity index (χ2v) is 6.36. The average molecular weight is 333 g/mol. The molecule has 0 fully saturated rings. The molecule has 0 radical (unpaired) electrons. The number of aromatic amines is 1. The molecular weight excluding hydrogens is 320 g/mol. The molecule has 4 aromatic rings. The normalized spacial score (nSPS) is 12.8. The zero-order valence-electron chi connectivity index (χ0n) is 12.9. The molecule has 0 saturated carbocycles. The molecule has 116 valence electrons. The van der Waals surface area contributed by atoms with Crippen LogP contribution in [-0.4, -0.2) is 20.2 Å². The molecule has 0 spiro atoms. The summed E-state index contributed by atoms with van der Waals surface area (Å²) >= 11 is 6.05. The molecule has 1 aliphatic heterocycles. The van der Waals surface area contributed by atoms with Crippen molar-refractivity contribution in [3.63, 3.8) is 0 Å². The van der Waals surface area contributed by atoms with E-state index in [0.717, 1.165) is 39.4 Å². The highest BCUT2D eigenvalue weighted by Crippen LogP contribution is 2.40. The van der Waals surface area contributed by atoms with Crippen molar-refractivity contribution in [1.82, 2.24) is 14.5 Å². The highest BCUT2D eigenvalue weighted by Gasteiger charge is 2.23. The van der Waals surface area contributed by atoms with Gasteiger partial charge in [-0.15, -0.1) is 0 Å². The average Bonchev–Trinajstić information content (AvgIpc) is 3.12. The third-order valence-electron chi connectivity index (χ3n) is 4.47. The molecule has 3 heterocycles. The highest BCUT2D eigenvalue weighted by atomic mass is 35.5. The van der Waals surface area contributed by atoms with Crippen LogP contribution in [0.1, 0.15) is 11.1 Å². The maximum Gasteiger partial charge on any atom is 0.178 e. The summed E-state index contributed by atoms with van der Waals surface area (Å²) in [5.41, 5.74) is 6.29. The van der Waals surface area contributed by atoms with Crippen molar-refractivity contribution >= 4 is 34.0 Å². The second kappa shape index (κ2) is 4.82. The van der Waals surface area contributed by atoms with Crippen LogP contribution in [0.4, 0.5) is 5.82 Å². The van der Waals surface area contributed by atoms with E-state index in [-0.39, 0.29) is 0 Å². The molecule has 0 aliphatic carbocycles. The summed E-state index contributed by atoms with van der Waals surface area (Å²) in [5.74, 6) is 0.736. The van der Waals surface area contributed by atoms with Crippen molar-refractivity contribution < 1.29 is 0 Å². The van der Waals surface area contributed by atoms with Gasteiger partial charge in [-0.3, -0.25) is 0 Å². The molecule has 1 aliphatic rings. The van der Waals surface area contributed by atoms with E-state index in [2.05, 4.69) is 22.1 Å². The second-order valence-electron chi connectivity index (χ2n) is 5.93. The topological polar surface area (TPSA) is 46.0 Å². The number of aryl methyl sites for hydroxylation is 1. The Hall–Kier alpha value is -2.85. The number of aliphatic imine (C=N–C) groups is 1. The van der Waals surface area contributed by atoms with Gasteiger partial charge in [0, 0.05) is 45.9 Å². The number of nitrogens with one attached hydrogen (secondary N) is 1. The van der Waals surface area contributed by atoms with E-state index in [9.17, 15) is 0 Å². The Labute approximate surface area is 143 Å². The fourth-order valence-corrected chi connectivity index (χ4v) is 3.50. The summed E-state index contributed by atoms with van der Waals surface area (Å²) < 4.78 is 2.02. The van der Waals surface area contributed by atoms with Crippen molar-refractivity contribution in [2.75, 3.05) is 0 Å². The van der Waals surface area contributed by atoms with Crippen LogP contribution in [0, 0.1) is 0 Å². The van der Waals surface area contributed by atoms with E-state index in [1.807, 2.05) is 48.1 Å². The van der Waals surface area contributed by atoms with E-state index in [0.29, 0.717) is 5.02 Å². The minimum Gasteiger partial charge on any atom is -0.360 e. The van der Waals surface area contributed by atoms with Gasteiger partial charge in [-0.2, -0.15) is 0 Å². The standard InChI is InChI=1S/C19H13ClN4/c1-24-10-22-19-18(24)14-9-21-15-4-2-3-13(16(14)15)17(23-19)11-5-7-12(20)8-6-11/h2-10,21H,1H3. The van der Waals surface area contributed by atoms with Gasteiger partial charge in [-0.25, -0.2) is 9.98 Å². The van der Waals surface area contributed by atoms with Crippen molar-refractivity contribution in [2.45, 2.75) is 0 Å². The van der Waals surface area contributed by atoms with E-state index in [1.54, 1.807) is 6.33 Å². The van der Waals surface area contributed by atoms with Gasteiger partial charge in [0.25, 0.3) is 0 Å². The van der Waals surface area contributed by atoms with Crippen molar-refractivity contribution in [2.24, 2.45) is 12.0 Å². The van der Waals surface area contributed by atoms with Crippen molar-refractivity contribution in [3.8, 4) is 11.3 Å². The number of halogens is 1. The summed E-state index contributed by atoms with van der Waals surface area (Å²) in [6.45, 7) is 0. The lowest BCUT2D eigenvalue weighted by atomic mass is 9.97. The first-order valence-electron chi connectivity index (χ1n) is 7.69. The van der Waals surface area contributed by atoms with Gasteiger partial charge in [0.15, 0.2) is 5.82 Å². The SMILES string of the molecule is Cn1cnc2c1-c1c[nH]c3cccc(c13)C(c1ccc(Cl)cc1)=N2. The number of hydrogen-bond donors (Lipinski definition) is 1. The first kappa shape index (κ1) is 13.6. The Balaban J connectivity index is 1.92. The predicted molar refractivity (Wildman–Crippen MR) is 97.3 cm³/mol. The number of imidazole rings is 1. The smallest absolute Gasteiger partial charge is 0.178 e. The van der Waals surface area contributed by atoms with E-state index in [1.165, 1.54) is 5.39 Å². The van der Waals surface area contributed by atoms with E-state index < -0.39 is 0 Å². The molecule has 0 atom stereocenters. The number of hydrogen-bond acceptors (Lipinski definition) is 2. The highest BCUT2D eigenvalue weighted by molar-refractivity contribution is 6.31. The number of fused-ring (bicyclic) bond motifs is 2. The van der Waals surface area contributed by atoms with Crippen LogP contribution in [0.25, 0.3) is 22.2 Å². The van der Waals surface area contributed by atoms with Gasteiger partial charge in [0.1, 0.15) is 0 Å². The van der Waals surface area contributed by atoms with Crippen LogP contribution in [-0.2, 0) is 7.05 Å². The maximum absolute atomic E-state index is 6.05. The molecule has 1 N–H and O–H groups in total. The lowest BCUT2D eigenvalue weighted by molar-refractivity contribution is 0.922. The quantitative estimate of drug-likeness (QED) is 0.475. The van der Waals surface area contributed by atoms with E-state index in [4.69, 9.17) is 16.6 Å². The molecule has 2 aromatic heterocycles. The van der Waals surface area contributed by atoms with Crippen molar-refractivity contribution in [1.29, 1.82) is 0 Å². The summed E-state index contributed by atoms with van der Waals surface area (Å²) in [7, 11) is 2.00. The summed E-state index contributed by atoms with van der Waals surface area (Å²) in [6.07, 6.45) is 3.84. The first-order chi connectivity index (χ1) is 11.7. The minimum atomic E-state index is 0.715. The Kier molecular flexibility index (Phi) is 2.73. The lowest BCUT2D eigenvalue weighted by Crippen LogP contribution is -2.03. The summed E-state index contributed by atoms with van der Waals surface area (Å²) in [4.78, 5) is 12.8. The van der Waals surface area contributed by atoms with Crippen LogP contribution < -0.4 is 0 Å². The number of benzene rings is 2. The summed E-state index contributed by atoms with van der Waals surface area (Å²) in [5, 5.41) is 1.89. The molecule has 5 heteroatoms. The molecular formula is C19H13ClN4. The maximum atomic E-state index is 6.05. The minimum absolute atomic E-state index is 0.715. The molecule has 0 amide bonds. The monoisotopic (exact) mass is 332 g/mol. The van der Waals surface area contributed by atoms with E-state index >= 15 is 0 Å². The Morgan fingerprint density at radius 3 is 2.71 bits per heavy atom. The third kappa shape index (κ3) is 1.80. The fourth-order valence-electron chi connectivity index (χ4n) is 3.37. The zero-order chi connectivity index (χ0) is 16.3. The molecule has 0 unspecified atom stereocenters. The molecule has 0 saturated heterocycles. The molecule has 4 nitrogen and oxygen atoms in total. The van der Waals surface area contributed by atoms with Crippen LogP contribution in [0.5, 0.6) is 0 Å². The molecule has 24 heavy (non-hydrogen) atoms. The van der Waals surface area contributed by atoms with Crippen LogP contribution >= 0.6 is 11.6 Å². The number of rotatable bonds is 1. The summed E-state index contributed by atoms with van der Waals surface area (Å²) in [6, 6.07) is 14.0. The predicted octanol–water partition coefficient (Wildman–Crippen LogP) is 4.70. The zero-order valence-corrected chi connectivity index (χ0v) is 13.7. The third-order valence-corrected chi connectivity index (χ3v) is 4.72. The Morgan fingerprint density at radius 1 is 1.04 bits per heavy atom. The van der Waals surface area contributed by atoms with Gasteiger partial charge in [-0.1, -0.05) is 35.9 Å². The number of nitrogens with zero attached hydrogens (tertiary/aromatic N) is 3. The lowest BCUT2D eigenvalue weighted by Gasteiger charge is -2.08. The first-order valence-corrected chi connectivity index (χ1v) is 8.07. The van der Waals surface area contributed by atoms with Crippen LogP contribution in [0.3, 0.4) is 0 Å². The molecule has 5 rings (SSSR count). The largest absolute Gasteiger partial charge is 0.360 e. The van der Waals surface area contributed by atoms with Gasteiger partial charge in [-0.05, 0) is 18.2 Å². The fraction of sp³-hybridized carbons (Fsp3) is 0.0526. The van der Waals surface area contributed by atoms with Gasteiger partial charge < -0.3 is 9.55 Å². The number of aromatic nitrogens is 3. The Morgan fingerprint density at radius 2 is 1.88 bits per heavy atom. The van der Waals surface area contributed by atoms with Crippen LogP contribution in [0.2, 0.25) is 5.02 Å². The van der Waals surface area contributed by atoms with Gasteiger partial charge >= 0.3 is 0 Å². The Bertz CT molecular complexity index is 1120. The van der Waals surface area contributed by atoms with Crippen LogP contribution in [0.15, 0.2) is 60.0 Å². The number of H-pyrrole nitrogens is 1. The van der Waals surface area contributed by atoms with Crippen molar-refractivity contribution in [3.05, 3.63) is 71.1 Å².